The van der Waals surface area contributed by atoms with Crippen LogP contribution in [-0.2, 0) is 4.79 Å². The largest absolute Gasteiger partial charge is 0.339 e. The SMILES string of the molecule is CN(C(=O)CSC1CC1)C1CNC1. The van der Waals surface area contributed by atoms with E-state index in [0.717, 1.165) is 18.3 Å². The lowest BCUT2D eigenvalue weighted by Gasteiger charge is -2.35. The summed E-state index contributed by atoms with van der Waals surface area (Å²) < 4.78 is 0. The Hall–Kier alpha value is -0.220. The monoisotopic (exact) mass is 200 g/mol. The van der Waals surface area contributed by atoms with Gasteiger partial charge in [-0.1, -0.05) is 0 Å². The van der Waals surface area contributed by atoms with Crippen molar-refractivity contribution in [2.75, 3.05) is 25.9 Å². The minimum Gasteiger partial charge on any atom is -0.339 e. The van der Waals surface area contributed by atoms with Crippen LogP contribution in [0.4, 0.5) is 0 Å². The molecule has 1 saturated heterocycles. The van der Waals surface area contributed by atoms with Gasteiger partial charge in [0.2, 0.25) is 5.91 Å². The second kappa shape index (κ2) is 3.88. The summed E-state index contributed by atoms with van der Waals surface area (Å²) in [6.07, 6.45) is 2.62. The molecule has 0 spiro atoms. The van der Waals surface area contributed by atoms with Crippen LogP contribution in [0.2, 0.25) is 0 Å². The molecular formula is C9H16N2OS. The zero-order valence-electron chi connectivity index (χ0n) is 7.95. The summed E-state index contributed by atoms with van der Waals surface area (Å²) in [6, 6.07) is 0.451. The molecule has 0 radical (unpaired) electrons. The molecule has 0 unspecified atom stereocenters. The third-order valence-corrected chi connectivity index (χ3v) is 4.02. The van der Waals surface area contributed by atoms with Crippen molar-refractivity contribution in [3.63, 3.8) is 0 Å². The van der Waals surface area contributed by atoms with Gasteiger partial charge in [-0.25, -0.2) is 0 Å². The molecule has 2 rings (SSSR count). The zero-order valence-corrected chi connectivity index (χ0v) is 8.77. The summed E-state index contributed by atoms with van der Waals surface area (Å²) in [6.45, 7) is 1.94. The van der Waals surface area contributed by atoms with Crippen LogP contribution in [0.15, 0.2) is 0 Å². The van der Waals surface area contributed by atoms with Crippen molar-refractivity contribution in [1.29, 1.82) is 0 Å². The van der Waals surface area contributed by atoms with E-state index in [-0.39, 0.29) is 0 Å². The first-order valence-corrected chi connectivity index (χ1v) is 5.90. The number of hydrogen-bond donors (Lipinski definition) is 1. The quantitative estimate of drug-likeness (QED) is 0.709. The lowest BCUT2D eigenvalue weighted by atomic mass is 10.1. The molecule has 2 aliphatic rings. The zero-order chi connectivity index (χ0) is 9.26. The first-order chi connectivity index (χ1) is 6.27. The van der Waals surface area contributed by atoms with Gasteiger partial charge in [-0.15, -0.1) is 11.8 Å². The fraction of sp³-hybridized carbons (Fsp3) is 0.889. The van der Waals surface area contributed by atoms with E-state index in [9.17, 15) is 4.79 Å². The van der Waals surface area contributed by atoms with E-state index in [0.29, 0.717) is 17.7 Å². The van der Waals surface area contributed by atoms with Gasteiger partial charge in [-0.3, -0.25) is 4.79 Å². The molecule has 2 fully saturated rings. The molecule has 74 valence electrons. The van der Waals surface area contributed by atoms with Crippen LogP contribution in [0.5, 0.6) is 0 Å². The van der Waals surface area contributed by atoms with Gasteiger partial charge >= 0.3 is 0 Å². The number of likely N-dealkylation sites (N-methyl/N-ethyl adjacent to an activating group) is 1. The molecule has 4 heteroatoms. The molecule has 0 bridgehead atoms. The third kappa shape index (κ3) is 2.38. The van der Waals surface area contributed by atoms with Crippen LogP contribution in [0.3, 0.4) is 0 Å². The molecule has 13 heavy (non-hydrogen) atoms. The van der Waals surface area contributed by atoms with Gasteiger partial charge in [0, 0.05) is 25.4 Å². The second-order valence-electron chi connectivity index (χ2n) is 3.83. The number of thioether (sulfide) groups is 1. The van der Waals surface area contributed by atoms with Gasteiger partial charge in [0.15, 0.2) is 0 Å². The van der Waals surface area contributed by atoms with Crippen molar-refractivity contribution >= 4 is 17.7 Å². The molecule has 1 aliphatic heterocycles. The Balaban J connectivity index is 1.67. The Kier molecular flexibility index (Phi) is 2.79. The highest BCUT2D eigenvalue weighted by molar-refractivity contribution is 8.00. The first kappa shape index (κ1) is 9.34. The van der Waals surface area contributed by atoms with Crippen LogP contribution in [0.1, 0.15) is 12.8 Å². The van der Waals surface area contributed by atoms with Gasteiger partial charge in [-0.2, -0.15) is 0 Å². The summed E-state index contributed by atoms with van der Waals surface area (Å²) in [5, 5.41) is 3.96. The summed E-state index contributed by atoms with van der Waals surface area (Å²) in [5.41, 5.74) is 0. The maximum absolute atomic E-state index is 11.6. The number of rotatable bonds is 4. The fourth-order valence-corrected chi connectivity index (χ4v) is 2.33. The van der Waals surface area contributed by atoms with Crippen molar-refractivity contribution < 1.29 is 4.79 Å². The Labute approximate surface area is 83.2 Å². The van der Waals surface area contributed by atoms with Crippen molar-refractivity contribution in [3.8, 4) is 0 Å². The van der Waals surface area contributed by atoms with E-state index in [1.807, 2.05) is 23.7 Å². The number of carbonyl (C=O) groups is 1. The van der Waals surface area contributed by atoms with Crippen molar-refractivity contribution in [1.82, 2.24) is 10.2 Å². The predicted octanol–water partition coefficient (Wildman–Crippen LogP) is 0.312. The topological polar surface area (TPSA) is 32.3 Å². The molecule has 1 saturated carbocycles. The normalized spacial score (nSPS) is 22.5. The van der Waals surface area contributed by atoms with E-state index in [2.05, 4.69) is 5.32 Å². The average Bonchev–Trinajstić information content (AvgIpc) is 2.79. The van der Waals surface area contributed by atoms with Gasteiger partial charge in [0.25, 0.3) is 0 Å². The molecule has 0 aromatic carbocycles. The molecule has 1 N–H and O–H groups in total. The lowest BCUT2D eigenvalue weighted by molar-refractivity contribution is -0.129. The Bertz CT molecular complexity index is 202. The maximum atomic E-state index is 11.6. The first-order valence-electron chi connectivity index (χ1n) is 4.85. The molecule has 3 nitrogen and oxygen atoms in total. The maximum Gasteiger partial charge on any atom is 0.232 e. The molecule has 0 atom stereocenters. The molecule has 0 aromatic heterocycles. The predicted molar refractivity (Wildman–Crippen MR) is 54.9 cm³/mol. The summed E-state index contributed by atoms with van der Waals surface area (Å²) >= 11 is 1.82. The standard InChI is InChI=1S/C9H16N2OS/c1-11(7-4-10-5-7)9(12)6-13-8-2-3-8/h7-8,10H,2-6H2,1H3. The smallest absolute Gasteiger partial charge is 0.232 e. The Morgan fingerprint density at radius 2 is 2.23 bits per heavy atom. The average molecular weight is 200 g/mol. The summed E-state index contributed by atoms with van der Waals surface area (Å²) in [7, 11) is 1.92. The second-order valence-corrected chi connectivity index (χ2v) is 5.12. The van der Waals surface area contributed by atoms with E-state index in [1.54, 1.807) is 0 Å². The molecule has 1 aliphatic carbocycles. The van der Waals surface area contributed by atoms with Crippen molar-refractivity contribution in [2.24, 2.45) is 0 Å². The number of amides is 1. The van der Waals surface area contributed by atoms with Gasteiger partial charge in [0.05, 0.1) is 11.8 Å². The fourth-order valence-electron chi connectivity index (χ4n) is 1.28. The minimum atomic E-state index is 0.295. The van der Waals surface area contributed by atoms with Crippen LogP contribution in [0.25, 0.3) is 0 Å². The van der Waals surface area contributed by atoms with Gasteiger partial charge in [-0.05, 0) is 12.8 Å². The Morgan fingerprint density at radius 1 is 1.54 bits per heavy atom. The van der Waals surface area contributed by atoms with Gasteiger partial charge < -0.3 is 10.2 Å². The Morgan fingerprint density at radius 3 is 2.69 bits per heavy atom. The van der Waals surface area contributed by atoms with Gasteiger partial charge in [0.1, 0.15) is 0 Å². The van der Waals surface area contributed by atoms with Crippen LogP contribution < -0.4 is 5.32 Å². The summed E-state index contributed by atoms with van der Waals surface area (Å²) in [5.74, 6) is 0.973. The summed E-state index contributed by atoms with van der Waals surface area (Å²) in [4.78, 5) is 13.5. The van der Waals surface area contributed by atoms with Crippen LogP contribution in [-0.4, -0.2) is 48.0 Å². The number of hydrogen-bond acceptors (Lipinski definition) is 3. The van der Waals surface area contributed by atoms with E-state index in [1.165, 1.54) is 12.8 Å². The molecular weight excluding hydrogens is 184 g/mol. The highest BCUT2D eigenvalue weighted by Crippen LogP contribution is 2.33. The van der Waals surface area contributed by atoms with E-state index < -0.39 is 0 Å². The number of nitrogens with zero attached hydrogens (tertiary/aromatic N) is 1. The third-order valence-electron chi connectivity index (χ3n) is 2.67. The van der Waals surface area contributed by atoms with Crippen LogP contribution >= 0.6 is 11.8 Å². The lowest BCUT2D eigenvalue weighted by Crippen LogP contribution is -2.57. The molecule has 1 amide bonds. The van der Waals surface area contributed by atoms with Crippen LogP contribution in [0, 0.1) is 0 Å². The van der Waals surface area contributed by atoms with E-state index in [4.69, 9.17) is 0 Å². The number of nitrogens with one attached hydrogen (secondary N) is 1. The minimum absolute atomic E-state index is 0.295. The number of carbonyl (C=O) groups excluding carboxylic acids is 1. The van der Waals surface area contributed by atoms with Crippen molar-refractivity contribution in [2.45, 2.75) is 24.1 Å². The highest BCUT2D eigenvalue weighted by atomic mass is 32.2. The highest BCUT2D eigenvalue weighted by Gasteiger charge is 2.27. The van der Waals surface area contributed by atoms with Crippen molar-refractivity contribution in [3.05, 3.63) is 0 Å². The molecule has 1 heterocycles. The molecule has 0 aromatic rings. The van der Waals surface area contributed by atoms with E-state index >= 15 is 0 Å².